The average molecular weight is 162 g/mol. The van der Waals surface area contributed by atoms with Gasteiger partial charge in [-0.1, -0.05) is 30.4 Å². The number of aldehydes is 1. The van der Waals surface area contributed by atoms with Crippen LogP contribution in [0.1, 0.15) is 12.0 Å². The molecule has 1 aromatic carbocycles. The number of hydrogen-bond donors (Lipinski definition) is 1. The molecule has 1 rings (SSSR count). The van der Waals surface area contributed by atoms with Gasteiger partial charge in [0.1, 0.15) is 12.0 Å². The molecule has 1 N–H and O–H groups in total. The fourth-order valence-corrected chi connectivity index (χ4v) is 0.879. The molecule has 0 spiro atoms. The molecule has 62 valence electrons. The van der Waals surface area contributed by atoms with E-state index in [4.69, 9.17) is 0 Å². The Morgan fingerprint density at radius 1 is 1.33 bits per heavy atom. The zero-order valence-corrected chi connectivity index (χ0v) is 6.60. The lowest BCUT2D eigenvalue weighted by Crippen LogP contribution is -1.73. The Bertz CT molecular complexity index is 290. The summed E-state index contributed by atoms with van der Waals surface area (Å²) in [4.78, 5) is 9.97. The monoisotopic (exact) mass is 162 g/mol. The predicted octanol–water partition coefficient (Wildman–Crippen LogP) is 1.99. The molecule has 2 nitrogen and oxygen atoms in total. The zero-order chi connectivity index (χ0) is 8.81. The van der Waals surface area contributed by atoms with Crippen molar-refractivity contribution in [1.82, 2.24) is 0 Å². The van der Waals surface area contributed by atoms with Crippen LogP contribution in [0, 0.1) is 0 Å². The molecule has 0 atom stereocenters. The van der Waals surface area contributed by atoms with E-state index in [0.717, 1.165) is 11.8 Å². The maximum Gasteiger partial charge on any atom is 0.123 e. The van der Waals surface area contributed by atoms with Crippen molar-refractivity contribution in [1.29, 1.82) is 0 Å². The van der Waals surface area contributed by atoms with Gasteiger partial charge in [-0.25, -0.2) is 0 Å². The summed E-state index contributed by atoms with van der Waals surface area (Å²) in [5.74, 6) is 0.236. The summed E-state index contributed by atoms with van der Waals surface area (Å²) in [7, 11) is 0. The molecule has 0 radical (unpaired) electrons. The van der Waals surface area contributed by atoms with Gasteiger partial charge in [-0.3, -0.25) is 0 Å². The molecule has 12 heavy (non-hydrogen) atoms. The van der Waals surface area contributed by atoms with E-state index in [1.807, 2.05) is 6.07 Å². The van der Waals surface area contributed by atoms with Crippen LogP contribution >= 0.6 is 0 Å². The molecule has 0 bridgehead atoms. The van der Waals surface area contributed by atoms with Gasteiger partial charge >= 0.3 is 0 Å². The normalized spacial score (nSPS) is 10.3. The van der Waals surface area contributed by atoms with Crippen molar-refractivity contribution >= 4 is 12.4 Å². The van der Waals surface area contributed by atoms with Crippen molar-refractivity contribution < 1.29 is 9.90 Å². The third-order valence-electron chi connectivity index (χ3n) is 1.47. The van der Waals surface area contributed by atoms with Gasteiger partial charge in [0.15, 0.2) is 0 Å². The molecule has 0 fully saturated rings. The van der Waals surface area contributed by atoms with Crippen LogP contribution in [-0.4, -0.2) is 11.4 Å². The van der Waals surface area contributed by atoms with Crippen LogP contribution in [0.5, 0.6) is 5.75 Å². The lowest BCUT2D eigenvalue weighted by Gasteiger charge is -1.95. The van der Waals surface area contributed by atoms with Crippen LogP contribution in [0.25, 0.3) is 6.08 Å². The van der Waals surface area contributed by atoms with Crippen molar-refractivity contribution in [2.75, 3.05) is 0 Å². The third-order valence-corrected chi connectivity index (χ3v) is 1.47. The number of carbonyl (C=O) groups excluding carboxylic acids is 1. The Morgan fingerprint density at radius 3 is 2.75 bits per heavy atom. The first-order chi connectivity index (χ1) is 5.84. The van der Waals surface area contributed by atoms with Gasteiger partial charge in [0, 0.05) is 12.0 Å². The molecule has 0 amide bonds. The Kier molecular flexibility index (Phi) is 3.08. The largest absolute Gasteiger partial charge is 0.507 e. The second kappa shape index (κ2) is 4.34. The quantitative estimate of drug-likeness (QED) is 0.690. The van der Waals surface area contributed by atoms with Gasteiger partial charge in [-0.15, -0.1) is 0 Å². The summed E-state index contributed by atoms with van der Waals surface area (Å²) in [5, 5.41) is 9.27. The van der Waals surface area contributed by atoms with E-state index < -0.39 is 0 Å². The minimum Gasteiger partial charge on any atom is -0.507 e. The van der Waals surface area contributed by atoms with Crippen LogP contribution in [0.4, 0.5) is 0 Å². The van der Waals surface area contributed by atoms with Crippen LogP contribution in [-0.2, 0) is 4.79 Å². The third kappa shape index (κ3) is 2.23. The number of para-hydroxylation sites is 1. The SMILES string of the molecule is O=CCC=Cc1ccccc1O. The summed E-state index contributed by atoms with van der Waals surface area (Å²) < 4.78 is 0. The smallest absolute Gasteiger partial charge is 0.123 e. The highest BCUT2D eigenvalue weighted by atomic mass is 16.3. The van der Waals surface area contributed by atoms with E-state index in [0.29, 0.717) is 6.42 Å². The molecule has 0 aliphatic carbocycles. The molecule has 1 aromatic rings. The first-order valence-corrected chi connectivity index (χ1v) is 3.73. The van der Waals surface area contributed by atoms with Gasteiger partial charge < -0.3 is 9.90 Å². The summed E-state index contributed by atoms with van der Waals surface area (Å²) in [6, 6.07) is 6.99. The van der Waals surface area contributed by atoms with Crippen molar-refractivity contribution in [3.63, 3.8) is 0 Å². The number of phenolic OH excluding ortho intramolecular Hbond substituents is 1. The summed E-state index contributed by atoms with van der Waals surface area (Å²) in [6.07, 6.45) is 4.64. The van der Waals surface area contributed by atoms with Crippen LogP contribution < -0.4 is 0 Å². The second-order valence-corrected chi connectivity index (χ2v) is 2.36. The van der Waals surface area contributed by atoms with E-state index in [2.05, 4.69) is 0 Å². The molecular formula is C10H10O2. The first kappa shape index (κ1) is 8.53. The van der Waals surface area contributed by atoms with Gasteiger partial charge in [-0.2, -0.15) is 0 Å². The van der Waals surface area contributed by atoms with Crippen molar-refractivity contribution in [2.45, 2.75) is 6.42 Å². The Balaban J connectivity index is 2.74. The van der Waals surface area contributed by atoms with E-state index in [9.17, 15) is 9.90 Å². The van der Waals surface area contributed by atoms with Gasteiger partial charge in [-0.05, 0) is 6.07 Å². The number of carbonyl (C=O) groups is 1. The second-order valence-electron chi connectivity index (χ2n) is 2.36. The minimum atomic E-state index is 0.236. The number of allylic oxidation sites excluding steroid dienone is 1. The standard InChI is InChI=1S/C10H10O2/c11-8-4-3-6-9-5-1-2-7-10(9)12/h1-3,5-8,12H,4H2. The topological polar surface area (TPSA) is 37.3 Å². The molecule has 0 aliphatic heterocycles. The number of phenols is 1. The number of benzene rings is 1. The fraction of sp³-hybridized carbons (Fsp3) is 0.100. The zero-order valence-electron chi connectivity index (χ0n) is 6.60. The molecule has 0 saturated heterocycles. The van der Waals surface area contributed by atoms with Crippen LogP contribution in [0.2, 0.25) is 0 Å². The maximum absolute atomic E-state index is 9.97. The van der Waals surface area contributed by atoms with E-state index >= 15 is 0 Å². The lowest BCUT2D eigenvalue weighted by atomic mass is 10.2. The highest BCUT2D eigenvalue weighted by Gasteiger charge is 1.91. The van der Waals surface area contributed by atoms with E-state index in [-0.39, 0.29) is 5.75 Å². The molecule has 0 aliphatic rings. The van der Waals surface area contributed by atoms with Crippen LogP contribution in [0.3, 0.4) is 0 Å². The van der Waals surface area contributed by atoms with E-state index in [1.165, 1.54) is 0 Å². The van der Waals surface area contributed by atoms with E-state index in [1.54, 1.807) is 30.4 Å². The Morgan fingerprint density at radius 2 is 2.08 bits per heavy atom. The number of aromatic hydroxyl groups is 1. The fourth-order valence-electron chi connectivity index (χ4n) is 0.879. The molecule has 0 unspecified atom stereocenters. The summed E-state index contributed by atoms with van der Waals surface area (Å²) >= 11 is 0. The highest BCUT2D eigenvalue weighted by molar-refractivity contribution is 5.61. The Hall–Kier alpha value is -1.57. The van der Waals surface area contributed by atoms with Gasteiger partial charge in [0.2, 0.25) is 0 Å². The lowest BCUT2D eigenvalue weighted by molar-refractivity contribution is -0.107. The molecule has 0 aromatic heterocycles. The maximum atomic E-state index is 9.97. The first-order valence-electron chi connectivity index (χ1n) is 3.73. The van der Waals surface area contributed by atoms with Crippen LogP contribution in [0.15, 0.2) is 30.3 Å². The highest BCUT2D eigenvalue weighted by Crippen LogP contribution is 2.16. The Labute approximate surface area is 71.2 Å². The molecule has 0 heterocycles. The molecular weight excluding hydrogens is 152 g/mol. The average Bonchev–Trinajstić information content (AvgIpc) is 2.09. The van der Waals surface area contributed by atoms with Crippen molar-refractivity contribution in [3.8, 4) is 5.75 Å². The molecule has 0 saturated carbocycles. The minimum absolute atomic E-state index is 0.236. The van der Waals surface area contributed by atoms with Crippen molar-refractivity contribution in [3.05, 3.63) is 35.9 Å². The predicted molar refractivity (Wildman–Crippen MR) is 47.8 cm³/mol. The van der Waals surface area contributed by atoms with Gasteiger partial charge in [0.05, 0.1) is 0 Å². The van der Waals surface area contributed by atoms with Crippen molar-refractivity contribution in [2.24, 2.45) is 0 Å². The number of rotatable bonds is 3. The summed E-state index contributed by atoms with van der Waals surface area (Å²) in [6.45, 7) is 0. The molecule has 2 heteroatoms. The number of hydrogen-bond acceptors (Lipinski definition) is 2. The van der Waals surface area contributed by atoms with Gasteiger partial charge in [0.25, 0.3) is 0 Å². The summed E-state index contributed by atoms with van der Waals surface area (Å²) in [5.41, 5.74) is 0.736.